The van der Waals surface area contributed by atoms with Crippen molar-refractivity contribution in [1.82, 2.24) is 15.0 Å². The third-order valence-corrected chi connectivity index (χ3v) is 4.83. The fourth-order valence-corrected chi connectivity index (χ4v) is 3.33. The number of aromatic carboxylic acids is 1. The maximum atomic E-state index is 11.3. The van der Waals surface area contributed by atoms with E-state index in [9.17, 15) is 14.7 Å². The molecule has 2 aromatic heterocycles. The highest BCUT2D eigenvalue weighted by Crippen LogP contribution is 2.31. The van der Waals surface area contributed by atoms with Crippen LogP contribution in [-0.2, 0) is 4.79 Å². The molecule has 2 aromatic carbocycles. The number of nitrogens with zero attached hydrogens (tertiary/aromatic N) is 2. The van der Waals surface area contributed by atoms with Crippen molar-refractivity contribution in [3.05, 3.63) is 64.7 Å². The summed E-state index contributed by atoms with van der Waals surface area (Å²) in [6, 6.07) is 13.7. The van der Waals surface area contributed by atoms with E-state index in [2.05, 4.69) is 20.3 Å². The number of ether oxygens (including phenoxy) is 1. The first-order valence-corrected chi connectivity index (χ1v) is 9.64. The molecule has 0 aliphatic carbocycles. The number of carboxylic acid groups (broad SMARTS) is 1. The van der Waals surface area contributed by atoms with Gasteiger partial charge in [-0.3, -0.25) is 4.79 Å². The highest BCUT2D eigenvalue weighted by Gasteiger charge is 2.14. The standard InChI is InChI=1S/C22H17ClN4O4/c1-11-3-8-15(9-16(11)21(29)30)31-22-25-18-10-17(23)19(26-20(18)27-22)13-4-6-14(7-5-13)24-12(2)28/h3-10H,1-2H3,(H,24,28)(H,29,30)(H,25,26,27). The monoisotopic (exact) mass is 436 g/mol. The number of pyridine rings is 1. The summed E-state index contributed by atoms with van der Waals surface area (Å²) >= 11 is 6.42. The summed E-state index contributed by atoms with van der Waals surface area (Å²) in [7, 11) is 0. The van der Waals surface area contributed by atoms with Crippen molar-refractivity contribution in [2.24, 2.45) is 0 Å². The molecule has 156 valence electrons. The summed E-state index contributed by atoms with van der Waals surface area (Å²) in [5.41, 5.74) is 3.71. The molecule has 0 bridgehead atoms. The molecule has 0 aliphatic rings. The highest BCUT2D eigenvalue weighted by atomic mass is 35.5. The fraction of sp³-hybridized carbons (Fsp3) is 0.0909. The van der Waals surface area contributed by atoms with E-state index >= 15 is 0 Å². The SMILES string of the molecule is CC(=O)Nc1ccc(-c2nc3nc(Oc4ccc(C)c(C(=O)O)c4)[nH]c3cc2Cl)cc1. The van der Waals surface area contributed by atoms with Crippen LogP contribution in [0.3, 0.4) is 0 Å². The minimum absolute atomic E-state index is 0.153. The number of carbonyl (C=O) groups is 2. The van der Waals surface area contributed by atoms with Gasteiger partial charge in [0.05, 0.1) is 21.8 Å². The maximum Gasteiger partial charge on any atom is 0.336 e. The molecule has 0 radical (unpaired) electrons. The molecule has 2 heterocycles. The lowest BCUT2D eigenvalue weighted by Crippen LogP contribution is -2.05. The van der Waals surface area contributed by atoms with Crippen LogP contribution < -0.4 is 10.1 Å². The summed E-state index contributed by atoms with van der Waals surface area (Å²) < 4.78 is 5.69. The largest absolute Gasteiger partial charge is 0.478 e. The summed E-state index contributed by atoms with van der Waals surface area (Å²) in [6.07, 6.45) is 0. The molecule has 0 saturated heterocycles. The van der Waals surface area contributed by atoms with Crippen LogP contribution in [0.4, 0.5) is 5.69 Å². The van der Waals surface area contributed by atoms with Gasteiger partial charge in [0.25, 0.3) is 0 Å². The van der Waals surface area contributed by atoms with E-state index in [1.807, 2.05) is 0 Å². The molecule has 0 unspecified atom stereocenters. The van der Waals surface area contributed by atoms with Crippen molar-refractivity contribution >= 4 is 40.3 Å². The topological polar surface area (TPSA) is 117 Å². The zero-order valence-corrected chi connectivity index (χ0v) is 17.3. The summed E-state index contributed by atoms with van der Waals surface area (Å²) in [4.78, 5) is 34.3. The Balaban J connectivity index is 1.64. The molecule has 0 atom stereocenters. The van der Waals surface area contributed by atoms with E-state index in [0.717, 1.165) is 5.56 Å². The second-order valence-electron chi connectivity index (χ2n) is 6.87. The minimum atomic E-state index is -1.03. The summed E-state index contributed by atoms with van der Waals surface area (Å²) in [5, 5.41) is 12.4. The van der Waals surface area contributed by atoms with E-state index in [-0.39, 0.29) is 17.5 Å². The number of amides is 1. The van der Waals surface area contributed by atoms with Crippen molar-refractivity contribution in [3.63, 3.8) is 0 Å². The number of aryl methyl sites for hydroxylation is 1. The quantitative estimate of drug-likeness (QED) is 0.403. The number of H-pyrrole nitrogens is 1. The van der Waals surface area contributed by atoms with Crippen LogP contribution in [0.5, 0.6) is 11.8 Å². The van der Waals surface area contributed by atoms with Gasteiger partial charge in [0, 0.05) is 18.2 Å². The third-order valence-electron chi connectivity index (χ3n) is 4.54. The third kappa shape index (κ3) is 4.34. The van der Waals surface area contributed by atoms with Gasteiger partial charge in [-0.15, -0.1) is 0 Å². The second-order valence-corrected chi connectivity index (χ2v) is 7.28. The molecule has 0 aliphatic heterocycles. The van der Waals surface area contributed by atoms with Crippen molar-refractivity contribution in [2.75, 3.05) is 5.32 Å². The molecular weight excluding hydrogens is 420 g/mol. The van der Waals surface area contributed by atoms with E-state index in [1.54, 1.807) is 49.4 Å². The predicted octanol–water partition coefficient (Wildman–Crippen LogP) is 5.04. The summed E-state index contributed by atoms with van der Waals surface area (Å²) in [5.74, 6) is -0.851. The number of benzene rings is 2. The van der Waals surface area contributed by atoms with Crippen molar-refractivity contribution in [2.45, 2.75) is 13.8 Å². The minimum Gasteiger partial charge on any atom is -0.478 e. The van der Waals surface area contributed by atoms with Crippen LogP contribution in [0.2, 0.25) is 5.02 Å². The molecule has 8 nitrogen and oxygen atoms in total. The number of nitrogens with one attached hydrogen (secondary N) is 2. The fourth-order valence-electron chi connectivity index (χ4n) is 3.07. The van der Waals surface area contributed by atoms with E-state index in [1.165, 1.54) is 13.0 Å². The number of imidazole rings is 1. The average Bonchev–Trinajstić information content (AvgIpc) is 3.10. The number of fused-ring (bicyclic) bond motifs is 1. The molecule has 1 amide bonds. The lowest BCUT2D eigenvalue weighted by atomic mass is 10.1. The first-order valence-electron chi connectivity index (χ1n) is 9.26. The maximum absolute atomic E-state index is 11.3. The van der Waals surface area contributed by atoms with Crippen LogP contribution >= 0.6 is 11.6 Å². The Morgan fingerprint density at radius 1 is 1.10 bits per heavy atom. The Hall–Kier alpha value is -3.91. The van der Waals surface area contributed by atoms with Crippen LogP contribution in [0.15, 0.2) is 48.5 Å². The van der Waals surface area contributed by atoms with Crippen molar-refractivity contribution < 1.29 is 19.4 Å². The van der Waals surface area contributed by atoms with E-state index in [4.69, 9.17) is 16.3 Å². The molecule has 0 spiro atoms. The van der Waals surface area contributed by atoms with Crippen LogP contribution in [0.1, 0.15) is 22.8 Å². The van der Waals surface area contributed by atoms with Gasteiger partial charge in [0.2, 0.25) is 5.91 Å². The van der Waals surface area contributed by atoms with E-state index in [0.29, 0.717) is 38.9 Å². The van der Waals surface area contributed by atoms with Gasteiger partial charge in [-0.2, -0.15) is 4.98 Å². The molecule has 4 rings (SSSR count). The Labute approximate surface area is 181 Å². The van der Waals surface area contributed by atoms with Crippen molar-refractivity contribution in [1.29, 1.82) is 0 Å². The number of carbonyl (C=O) groups excluding carboxylic acids is 1. The second kappa shape index (κ2) is 8.08. The Kier molecular flexibility index (Phi) is 5.31. The molecule has 9 heteroatoms. The predicted molar refractivity (Wildman–Crippen MR) is 117 cm³/mol. The molecular formula is C22H17ClN4O4. The summed E-state index contributed by atoms with van der Waals surface area (Å²) in [6.45, 7) is 3.15. The van der Waals surface area contributed by atoms with Crippen LogP contribution in [0.25, 0.3) is 22.4 Å². The Morgan fingerprint density at radius 2 is 1.84 bits per heavy atom. The molecule has 0 saturated carbocycles. The number of halogens is 1. The van der Waals surface area contributed by atoms with Gasteiger partial charge in [-0.25, -0.2) is 9.78 Å². The number of aromatic amines is 1. The van der Waals surface area contributed by atoms with Gasteiger partial charge < -0.3 is 20.1 Å². The smallest absolute Gasteiger partial charge is 0.336 e. The number of rotatable bonds is 5. The Bertz CT molecular complexity index is 1320. The van der Waals surface area contributed by atoms with Gasteiger partial charge in [0.1, 0.15) is 5.75 Å². The van der Waals surface area contributed by atoms with Crippen molar-refractivity contribution in [3.8, 4) is 23.0 Å². The van der Waals surface area contributed by atoms with Crippen LogP contribution in [-0.4, -0.2) is 31.9 Å². The normalized spacial score (nSPS) is 10.8. The number of hydrogen-bond acceptors (Lipinski definition) is 5. The number of carboxylic acids is 1. The number of hydrogen-bond donors (Lipinski definition) is 3. The van der Waals surface area contributed by atoms with Gasteiger partial charge >= 0.3 is 12.0 Å². The highest BCUT2D eigenvalue weighted by molar-refractivity contribution is 6.33. The number of aromatic nitrogens is 3. The first-order chi connectivity index (χ1) is 14.8. The van der Waals surface area contributed by atoms with Gasteiger partial charge in [-0.05, 0) is 42.8 Å². The van der Waals surface area contributed by atoms with Gasteiger partial charge in [-0.1, -0.05) is 29.8 Å². The lowest BCUT2D eigenvalue weighted by Gasteiger charge is -2.06. The zero-order chi connectivity index (χ0) is 22.1. The van der Waals surface area contributed by atoms with Crippen LogP contribution in [0, 0.1) is 6.92 Å². The number of anilines is 1. The first kappa shape index (κ1) is 20.4. The van der Waals surface area contributed by atoms with E-state index < -0.39 is 5.97 Å². The average molecular weight is 437 g/mol. The Morgan fingerprint density at radius 3 is 2.52 bits per heavy atom. The lowest BCUT2D eigenvalue weighted by molar-refractivity contribution is -0.114. The zero-order valence-electron chi connectivity index (χ0n) is 16.6. The molecule has 4 aromatic rings. The molecule has 0 fully saturated rings. The molecule has 3 N–H and O–H groups in total. The molecule has 31 heavy (non-hydrogen) atoms. The van der Waals surface area contributed by atoms with Gasteiger partial charge in [0.15, 0.2) is 5.65 Å².